The van der Waals surface area contributed by atoms with E-state index in [0.717, 1.165) is 25.8 Å². The van der Waals surface area contributed by atoms with Crippen molar-refractivity contribution in [3.8, 4) is 0 Å². The van der Waals surface area contributed by atoms with Crippen molar-refractivity contribution in [2.75, 3.05) is 11.9 Å². The second-order valence-corrected chi connectivity index (χ2v) is 5.70. The minimum Gasteiger partial charge on any atom is -0.350 e. The maximum absolute atomic E-state index is 12.2. The first-order valence-corrected chi connectivity index (χ1v) is 7.51. The average Bonchev–Trinajstić information content (AvgIpc) is 2.47. The van der Waals surface area contributed by atoms with Gasteiger partial charge in [0.05, 0.1) is 6.04 Å². The first-order chi connectivity index (χ1) is 10.1. The Bertz CT molecular complexity index is 508. The molecule has 1 aliphatic rings. The molecule has 0 saturated carbocycles. The van der Waals surface area contributed by atoms with E-state index in [0.29, 0.717) is 11.3 Å². The van der Waals surface area contributed by atoms with Gasteiger partial charge in [-0.05, 0) is 51.4 Å². The molecule has 1 fully saturated rings. The van der Waals surface area contributed by atoms with Gasteiger partial charge in [-0.15, -0.1) is 0 Å². The highest BCUT2D eigenvalue weighted by molar-refractivity contribution is 5.98. The van der Waals surface area contributed by atoms with E-state index in [1.807, 2.05) is 13.8 Å². The van der Waals surface area contributed by atoms with Gasteiger partial charge in [0.25, 0.3) is 5.91 Å². The molecule has 2 rings (SSSR count). The maximum Gasteiger partial charge on any atom is 0.251 e. The van der Waals surface area contributed by atoms with Crippen LogP contribution in [0.1, 0.15) is 43.5 Å². The minimum atomic E-state index is -0.133. The standard InChI is InChI=1S/C16H23N3O2/c1-11(2)18-15(20)12-6-5-7-13(10-12)19-16(21)14-8-3-4-9-17-14/h5-7,10-11,14,17H,3-4,8-9H2,1-2H3,(H,18,20)(H,19,21)/t14-/m1/s1. The van der Waals surface area contributed by atoms with Gasteiger partial charge in [0.2, 0.25) is 5.91 Å². The Morgan fingerprint density at radius 1 is 1.29 bits per heavy atom. The van der Waals surface area contributed by atoms with Gasteiger partial charge in [-0.1, -0.05) is 12.5 Å². The molecule has 0 unspecified atom stereocenters. The number of carbonyl (C=O) groups is 2. The summed E-state index contributed by atoms with van der Waals surface area (Å²) in [4.78, 5) is 24.1. The molecule has 1 heterocycles. The molecular weight excluding hydrogens is 266 g/mol. The second-order valence-electron chi connectivity index (χ2n) is 5.70. The molecule has 0 aromatic heterocycles. The van der Waals surface area contributed by atoms with Gasteiger partial charge in [0.15, 0.2) is 0 Å². The van der Waals surface area contributed by atoms with Crippen LogP contribution in [0.4, 0.5) is 5.69 Å². The summed E-state index contributed by atoms with van der Waals surface area (Å²) in [5.74, 6) is -0.159. The van der Waals surface area contributed by atoms with E-state index in [2.05, 4.69) is 16.0 Å². The summed E-state index contributed by atoms with van der Waals surface area (Å²) in [5.41, 5.74) is 1.21. The summed E-state index contributed by atoms with van der Waals surface area (Å²) in [5, 5.41) is 8.93. The monoisotopic (exact) mass is 289 g/mol. The number of rotatable bonds is 4. The maximum atomic E-state index is 12.2. The number of anilines is 1. The largest absolute Gasteiger partial charge is 0.350 e. The molecule has 0 radical (unpaired) electrons. The van der Waals surface area contributed by atoms with Crippen molar-refractivity contribution in [3.63, 3.8) is 0 Å². The molecule has 0 bridgehead atoms. The molecule has 5 nitrogen and oxygen atoms in total. The highest BCUT2D eigenvalue weighted by Gasteiger charge is 2.20. The second kappa shape index (κ2) is 7.22. The molecule has 1 atom stereocenters. The number of hydrogen-bond acceptors (Lipinski definition) is 3. The summed E-state index contributed by atoms with van der Waals surface area (Å²) >= 11 is 0. The van der Waals surface area contributed by atoms with Gasteiger partial charge in [-0.3, -0.25) is 9.59 Å². The first kappa shape index (κ1) is 15.5. The quantitative estimate of drug-likeness (QED) is 0.793. The average molecular weight is 289 g/mol. The van der Waals surface area contributed by atoms with Crippen LogP contribution in [0.15, 0.2) is 24.3 Å². The fourth-order valence-electron chi connectivity index (χ4n) is 2.39. The number of carbonyl (C=O) groups excluding carboxylic acids is 2. The number of piperidine rings is 1. The molecule has 1 aromatic carbocycles. The Kier molecular flexibility index (Phi) is 5.33. The molecule has 1 saturated heterocycles. The smallest absolute Gasteiger partial charge is 0.251 e. The fourth-order valence-corrected chi connectivity index (χ4v) is 2.39. The van der Waals surface area contributed by atoms with Gasteiger partial charge in [-0.25, -0.2) is 0 Å². The van der Waals surface area contributed by atoms with E-state index in [1.54, 1.807) is 24.3 Å². The lowest BCUT2D eigenvalue weighted by atomic mass is 10.0. The molecule has 114 valence electrons. The minimum absolute atomic E-state index is 0.0314. The van der Waals surface area contributed by atoms with Gasteiger partial charge >= 0.3 is 0 Å². The molecule has 3 N–H and O–H groups in total. The van der Waals surface area contributed by atoms with Crippen LogP contribution in [0.2, 0.25) is 0 Å². The first-order valence-electron chi connectivity index (χ1n) is 7.51. The normalized spacial score (nSPS) is 18.3. The van der Waals surface area contributed by atoms with E-state index in [9.17, 15) is 9.59 Å². The predicted octanol–water partition coefficient (Wildman–Crippen LogP) is 1.91. The molecule has 1 aromatic rings. The zero-order chi connectivity index (χ0) is 15.2. The molecule has 0 aliphatic carbocycles. The van der Waals surface area contributed by atoms with Crippen molar-refractivity contribution < 1.29 is 9.59 Å². The lowest BCUT2D eigenvalue weighted by Crippen LogP contribution is -2.43. The van der Waals surface area contributed by atoms with Gasteiger partial charge in [0.1, 0.15) is 0 Å². The zero-order valence-corrected chi connectivity index (χ0v) is 12.6. The highest BCUT2D eigenvalue weighted by atomic mass is 16.2. The Balaban J connectivity index is 2.00. The Morgan fingerprint density at radius 2 is 2.10 bits per heavy atom. The van der Waals surface area contributed by atoms with Crippen LogP contribution in [-0.4, -0.2) is 30.4 Å². The summed E-state index contributed by atoms with van der Waals surface area (Å²) in [6.45, 7) is 4.71. The third-order valence-electron chi connectivity index (χ3n) is 3.44. The number of benzene rings is 1. The van der Waals surface area contributed by atoms with Crippen LogP contribution < -0.4 is 16.0 Å². The molecule has 2 amide bonds. The van der Waals surface area contributed by atoms with Crippen molar-refractivity contribution >= 4 is 17.5 Å². The van der Waals surface area contributed by atoms with E-state index < -0.39 is 0 Å². The van der Waals surface area contributed by atoms with E-state index in [1.165, 1.54) is 0 Å². The van der Waals surface area contributed by atoms with Gasteiger partial charge in [0, 0.05) is 17.3 Å². The van der Waals surface area contributed by atoms with E-state index >= 15 is 0 Å². The number of hydrogen-bond donors (Lipinski definition) is 3. The van der Waals surface area contributed by atoms with Crippen LogP contribution in [0.5, 0.6) is 0 Å². The third kappa shape index (κ3) is 4.56. The van der Waals surface area contributed by atoms with Crippen LogP contribution in [0, 0.1) is 0 Å². The van der Waals surface area contributed by atoms with Crippen LogP contribution in [0.3, 0.4) is 0 Å². The molecular formula is C16H23N3O2. The molecule has 1 aliphatic heterocycles. The van der Waals surface area contributed by atoms with E-state index in [-0.39, 0.29) is 23.9 Å². The Labute approximate surface area is 125 Å². The van der Waals surface area contributed by atoms with Crippen molar-refractivity contribution in [1.29, 1.82) is 0 Å². The highest BCUT2D eigenvalue weighted by Crippen LogP contribution is 2.13. The van der Waals surface area contributed by atoms with Crippen molar-refractivity contribution in [2.24, 2.45) is 0 Å². The van der Waals surface area contributed by atoms with Crippen LogP contribution in [-0.2, 0) is 4.79 Å². The van der Waals surface area contributed by atoms with E-state index in [4.69, 9.17) is 0 Å². The van der Waals surface area contributed by atoms with Gasteiger partial charge in [-0.2, -0.15) is 0 Å². The number of amides is 2. The third-order valence-corrected chi connectivity index (χ3v) is 3.44. The Hall–Kier alpha value is -1.88. The van der Waals surface area contributed by atoms with Crippen LogP contribution >= 0.6 is 0 Å². The zero-order valence-electron chi connectivity index (χ0n) is 12.6. The topological polar surface area (TPSA) is 70.2 Å². The van der Waals surface area contributed by atoms with Crippen molar-refractivity contribution in [1.82, 2.24) is 10.6 Å². The van der Waals surface area contributed by atoms with Crippen molar-refractivity contribution in [2.45, 2.75) is 45.2 Å². The predicted molar refractivity (Wildman–Crippen MR) is 83.3 cm³/mol. The molecule has 0 spiro atoms. The summed E-state index contributed by atoms with van der Waals surface area (Å²) in [6.07, 6.45) is 3.05. The Morgan fingerprint density at radius 3 is 2.76 bits per heavy atom. The molecule has 21 heavy (non-hydrogen) atoms. The van der Waals surface area contributed by atoms with Gasteiger partial charge < -0.3 is 16.0 Å². The summed E-state index contributed by atoms with van der Waals surface area (Å²) in [6, 6.07) is 6.98. The van der Waals surface area contributed by atoms with Crippen molar-refractivity contribution in [3.05, 3.63) is 29.8 Å². The SMILES string of the molecule is CC(C)NC(=O)c1cccc(NC(=O)[C@H]2CCCCN2)c1. The number of nitrogens with one attached hydrogen (secondary N) is 3. The lowest BCUT2D eigenvalue weighted by Gasteiger charge is -2.22. The summed E-state index contributed by atoms with van der Waals surface area (Å²) < 4.78 is 0. The molecule has 5 heteroatoms. The fraction of sp³-hybridized carbons (Fsp3) is 0.500. The summed E-state index contributed by atoms with van der Waals surface area (Å²) in [7, 11) is 0. The lowest BCUT2D eigenvalue weighted by molar-refractivity contribution is -0.118. The van der Waals surface area contributed by atoms with Crippen LogP contribution in [0.25, 0.3) is 0 Å².